The summed E-state index contributed by atoms with van der Waals surface area (Å²) in [4.78, 5) is 4.55. The molecule has 1 aromatic heterocycles. The molecule has 2 heterocycles. The summed E-state index contributed by atoms with van der Waals surface area (Å²) in [6.07, 6.45) is -0.620. The first kappa shape index (κ1) is 19.6. The van der Waals surface area contributed by atoms with E-state index in [-0.39, 0.29) is 10.8 Å². The maximum Gasteiger partial charge on any atom is 0.247 e. The quantitative estimate of drug-likeness (QED) is 0.552. The van der Waals surface area contributed by atoms with Crippen molar-refractivity contribution in [2.24, 2.45) is 0 Å². The Bertz CT molecular complexity index is 1050. The zero-order valence-corrected chi connectivity index (χ0v) is 17.4. The Balaban J connectivity index is 1.82. The number of hydrogen-bond donors (Lipinski definition) is 2. The first-order valence-electron chi connectivity index (χ1n) is 9.16. The summed E-state index contributed by atoms with van der Waals surface area (Å²) in [5, 5.41) is 22.8. The fourth-order valence-electron chi connectivity index (χ4n) is 3.00. The largest absolute Gasteiger partial charge is 0.503 e. The van der Waals surface area contributed by atoms with E-state index in [0.717, 1.165) is 17.0 Å². The highest BCUT2D eigenvalue weighted by molar-refractivity contribution is 7.99. The molecule has 9 heteroatoms. The van der Waals surface area contributed by atoms with Crippen LogP contribution in [0.5, 0.6) is 17.4 Å². The second-order valence-electron chi connectivity index (χ2n) is 6.15. The minimum atomic E-state index is -0.620. The van der Waals surface area contributed by atoms with E-state index in [4.69, 9.17) is 21.1 Å². The predicted molar refractivity (Wildman–Crippen MR) is 113 cm³/mol. The maximum absolute atomic E-state index is 10.2. The summed E-state index contributed by atoms with van der Waals surface area (Å²) in [6, 6.07) is 11.1. The van der Waals surface area contributed by atoms with Crippen LogP contribution in [0.4, 0.5) is 5.69 Å². The lowest BCUT2D eigenvalue weighted by Crippen LogP contribution is -2.17. The van der Waals surface area contributed by atoms with Crippen LogP contribution in [0.3, 0.4) is 0 Å². The number of anilines is 1. The molecule has 7 nitrogen and oxygen atoms in total. The van der Waals surface area contributed by atoms with Crippen LogP contribution >= 0.6 is 23.4 Å². The van der Waals surface area contributed by atoms with Gasteiger partial charge in [0, 0.05) is 16.8 Å². The van der Waals surface area contributed by atoms with Gasteiger partial charge in [-0.25, -0.2) is 0 Å². The standard InChI is InChI=1S/C20H19ClN4O3S/c1-3-27-15-10-11(9-13(21)17(15)26)18-22-14-8-6-5-7-12(14)16-19(28-18)23-20(25-24-16)29-4-2/h5-10,18,22,26H,3-4H2,1-2H3/t18-/m1/s1. The number of phenols is 1. The lowest BCUT2D eigenvalue weighted by atomic mass is 10.1. The van der Waals surface area contributed by atoms with Gasteiger partial charge in [0.15, 0.2) is 23.4 Å². The van der Waals surface area contributed by atoms with Crippen molar-refractivity contribution in [1.82, 2.24) is 15.2 Å². The molecule has 0 spiro atoms. The molecule has 150 valence electrons. The minimum absolute atomic E-state index is 0.0997. The molecule has 29 heavy (non-hydrogen) atoms. The van der Waals surface area contributed by atoms with E-state index < -0.39 is 6.23 Å². The number of nitrogens with zero attached hydrogens (tertiary/aromatic N) is 3. The van der Waals surface area contributed by atoms with Crippen LogP contribution in [0.1, 0.15) is 25.6 Å². The Morgan fingerprint density at radius 3 is 2.86 bits per heavy atom. The molecule has 0 aliphatic carbocycles. The number of para-hydroxylation sites is 1. The van der Waals surface area contributed by atoms with Crippen molar-refractivity contribution in [2.75, 3.05) is 17.7 Å². The van der Waals surface area contributed by atoms with Crippen molar-refractivity contribution in [3.05, 3.63) is 47.0 Å². The van der Waals surface area contributed by atoms with E-state index >= 15 is 0 Å². The second-order valence-corrected chi connectivity index (χ2v) is 7.79. The van der Waals surface area contributed by atoms with Crippen molar-refractivity contribution in [2.45, 2.75) is 25.2 Å². The van der Waals surface area contributed by atoms with Gasteiger partial charge in [0.25, 0.3) is 0 Å². The molecule has 4 rings (SSSR count). The second kappa shape index (κ2) is 8.34. The molecule has 1 aliphatic rings. The summed E-state index contributed by atoms with van der Waals surface area (Å²) in [5.41, 5.74) is 2.91. The zero-order valence-electron chi connectivity index (χ0n) is 15.8. The lowest BCUT2D eigenvalue weighted by Gasteiger charge is -2.20. The summed E-state index contributed by atoms with van der Waals surface area (Å²) in [7, 11) is 0. The fourth-order valence-corrected chi connectivity index (χ4v) is 3.72. The van der Waals surface area contributed by atoms with Gasteiger partial charge in [-0.05, 0) is 30.9 Å². The summed E-state index contributed by atoms with van der Waals surface area (Å²) in [6.45, 7) is 4.25. The number of fused-ring (bicyclic) bond motifs is 3. The van der Waals surface area contributed by atoms with Gasteiger partial charge in [-0.2, -0.15) is 4.98 Å². The number of ether oxygens (including phenoxy) is 2. The third-order valence-corrected chi connectivity index (χ3v) is 5.27. The highest BCUT2D eigenvalue weighted by atomic mass is 35.5. The van der Waals surface area contributed by atoms with Gasteiger partial charge in [-0.15, -0.1) is 10.2 Å². The number of aromatic hydroxyl groups is 1. The molecule has 0 saturated carbocycles. The molecule has 0 saturated heterocycles. The average molecular weight is 431 g/mol. The van der Waals surface area contributed by atoms with Gasteiger partial charge in [0.1, 0.15) is 0 Å². The average Bonchev–Trinajstić information content (AvgIpc) is 2.88. The predicted octanol–water partition coefficient (Wildman–Crippen LogP) is 4.91. The highest BCUT2D eigenvalue weighted by Crippen LogP contribution is 2.42. The monoisotopic (exact) mass is 430 g/mol. The number of thioether (sulfide) groups is 1. The third kappa shape index (κ3) is 3.90. The molecular weight excluding hydrogens is 412 g/mol. The van der Waals surface area contributed by atoms with Crippen LogP contribution in [0.2, 0.25) is 5.02 Å². The van der Waals surface area contributed by atoms with Crippen molar-refractivity contribution in [3.63, 3.8) is 0 Å². The number of benzene rings is 2. The molecule has 2 aromatic carbocycles. The third-order valence-electron chi connectivity index (χ3n) is 4.26. The van der Waals surface area contributed by atoms with E-state index in [1.54, 1.807) is 12.1 Å². The first-order valence-corrected chi connectivity index (χ1v) is 10.5. The fraction of sp³-hybridized carbons (Fsp3) is 0.250. The Kier molecular flexibility index (Phi) is 5.64. The molecule has 0 fully saturated rings. The first-order chi connectivity index (χ1) is 14.1. The number of nitrogens with one attached hydrogen (secondary N) is 1. The molecule has 0 unspecified atom stereocenters. The number of aromatic nitrogens is 3. The van der Waals surface area contributed by atoms with Gasteiger partial charge in [-0.1, -0.05) is 48.5 Å². The Hall–Kier alpha value is -2.71. The molecule has 0 bridgehead atoms. The zero-order chi connectivity index (χ0) is 20.4. The molecule has 2 N–H and O–H groups in total. The highest BCUT2D eigenvalue weighted by Gasteiger charge is 2.27. The van der Waals surface area contributed by atoms with E-state index in [0.29, 0.717) is 34.7 Å². The van der Waals surface area contributed by atoms with Gasteiger partial charge in [0.2, 0.25) is 11.0 Å². The van der Waals surface area contributed by atoms with E-state index in [1.807, 2.05) is 38.1 Å². The Morgan fingerprint density at radius 2 is 2.07 bits per heavy atom. The smallest absolute Gasteiger partial charge is 0.247 e. The van der Waals surface area contributed by atoms with E-state index in [9.17, 15) is 5.11 Å². The summed E-state index contributed by atoms with van der Waals surface area (Å²) < 4.78 is 11.7. The van der Waals surface area contributed by atoms with Crippen LogP contribution in [0, 0.1) is 0 Å². The van der Waals surface area contributed by atoms with Gasteiger partial charge < -0.3 is 19.9 Å². The van der Waals surface area contributed by atoms with Crippen molar-refractivity contribution >= 4 is 29.1 Å². The number of phenolic OH excluding ortho intramolecular Hbond substituents is 1. The van der Waals surface area contributed by atoms with Crippen molar-refractivity contribution in [1.29, 1.82) is 0 Å². The number of halogens is 1. The molecule has 1 atom stereocenters. The molecule has 1 aliphatic heterocycles. The van der Waals surface area contributed by atoms with Crippen LogP contribution in [-0.4, -0.2) is 32.6 Å². The van der Waals surface area contributed by atoms with Gasteiger partial charge in [-0.3, -0.25) is 0 Å². The molecule has 0 radical (unpaired) electrons. The molecule has 3 aromatic rings. The molecule has 0 amide bonds. The van der Waals surface area contributed by atoms with Crippen LogP contribution in [0.15, 0.2) is 41.6 Å². The Morgan fingerprint density at radius 1 is 1.24 bits per heavy atom. The molecular formula is C20H19ClN4O3S. The van der Waals surface area contributed by atoms with Crippen molar-refractivity contribution < 1.29 is 14.6 Å². The SMILES string of the molecule is CCOc1cc([C@@H]2Nc3ccccc3-c3nnc(SCC)nc3O2)cc(Cl)c1O. The van der Waals surface area contributed by atoms with Gasteiger partial charge in [0.05, 0.1) is 11.6 Å². The number of rotatable bonds is 5. The lowest BCUT2D eigenvalue weighted by molar-refractivity contribution is 0.224. The van der Waals surface area contributed by atoms with Crippen LogP contribution < -0.4 is 14.8 Å². The Labute approximate surface area is 177 Å². The normalized spacial score (nSPS) is 14.8. The summed E-state index contributed by atoms with van der Waals surface area (Å²) >= 11 is 7.71. The van der Waals surface area contributed by atoms with E-state index in [1.165, 1.54) is 11.8 Å². The number of hydrogen-bond acceptors (Lipinski definition) is 8. The summed E-state index contributed by atoms with van der Waals surface area (Å²) in [5.74, 6) is 1.39. The van der Waals surface area contributed by atoms with Crippen LogP contribution in [-0.2, 0) is 0 Å². The minimum Gasteiger partial charge on any atom is -0.503 e. The van der Waals surface area contributed by atoms with Crippen LogP contribution in [0.25, 0.3) is 11.3 Å². The van der Waals surface area contributed by atoms with E-state index in [2.05, 4.69) is 20.5 Å². The topological polar surface area (TPSA) is 89.4 Å². The van der Waals surface area contributed by atoms with Gasteiger partial charge >= 0.3 is 0 Å². The van der Waals surface area contributed by atoms with Crippen molar-refractivity contribution in [3.8, 4) is 28.6 Å². The maximum atomic E-state index is 10.2.